The molecule has 5 atom stereocenters. The Labute approximate surface area is 161 Å². The molecule has 1 saturated heterocycles. The molecule has 1 aliphatic heterocycles. The second-order valence-electron chi connectivity index (χ2n) is 5.22. The molecule has 1 rings (SSSR count). The maximum atomic E-state index is 5.93. The van der Waals surface area contributed by atoms with E-state index in [9.17, 15) is 0 Å². The summed E-state index contributed by atoms with van der Waals surface area (Å²) in [6.07, 6.45) is 22.9. The molecule has 6 heteroatoms. The van der Waals surface area contributed by atoms with Gasteiger partial charge in [-0.25, -0.2) is 0 Å². The molecule has 0 amide bonds. The summed E-state index contributed by atoms with van der Waals surface area (Å²) in [6, 6.07) is 0. The molecule has 0 N–H and O–H groups in total. The average molecular weight is 370 g/mol. The predicted octanol–water partition coefficient (Wildman–Crippen LogP) is 0.0661. The number of hydrogen-bond donors (Lipinski definition) is 0. The van der Waals surface area contributed by atoms with Crippen molar-refractivity contribution in [3.8, 4) is 61.7 Å². The molecule has 0 spiro atoms. The third-order valence-electron chi connectivity index (χ3n) is 3.47. The summed E-state index contributed by atoms with van der Waals surface area (Å²) >= 11 is 0. The highest BCUT2D eigenvalue weighted by atomic mass is 16.7. The molecular formula is C21H22O6. The van der Waals surface area contributed by atoms with Gasteiger partial charge in [-0.15, -0.1) is 32.1 Å². The zero-order chi connectivity index (χ0) is 19.9. The number of ether oxygens (including phenoxy) is 6. The van der Waals surface area contributed by atoms with Crippen LogP contribution in [0.1, 0.15) is 0 Å². The first-order chi connectivity index (χ1) is 13.2. The fourth-order valence-electron chi connectivity index (χ4n) is 2.51. The molecule has 0 saturated carbocycles. The van der Waals surface area contributed by atoms with Crippen LogP contribution in [0, 0.1) is 61.7 Å². The SMILES string of the molecule is C#CCOC[C@H]1O[C@@H](OCC#C)[C@H](OCC#C)[C@@H](OCC#C)[C@@H]1OCC#C. The molecule has 0 bridgehead atoms. The van der Waals surface area contributed by atoms with Crippen LogP contribution in [-0.4, -0.2) is 70.3 Å². The lowest BCUT2D eigenvalue weighted by atomic mass is 9.98. The van der Waals surface area contributed by atoms with E-state index < -0.39 is 30.7 Å². The number of rotatable bonds is 11. The number of hydrogen-bond acceptors (Lipinski definition) is 6. The van der Waals surface area contributed by atoms with Crippen LogP contribution >= 0.6 is 0 Å². The molecule has 0 aromatic carbocycles. The molecule has 0 aliphatic carbocycles. The summed E-state index contributed by atoms with van der Waals surface area (Å²) in [5, 5.41) is 0. The molecule has 6 nitrogen and oxygen atoms in total. The summed E-state index contributed by atoms with van der Waals surface area (Å²) in [7, 11) is 0. The van der Waals surface area contributed by atoms with Crippen molar-refractivity contribution >= 4 is 0 Å². The number of terminal acetylenes is 5. The highest BCUT2D eigenvalue weighted by molar-refractivity contribution is 4.98. The summed E-state index contributed by atoms with van der Waals surface area (Å²) in [5.74, 6) is 12.0. The molecule has 142 valence electrons. The van der Waals surface area contributed by atoms with E-state index in [1.165, 1.54) is 0 Å². The van der Waals surface area contributed by atoms with Gasteiger partial charge in [0.1, 0.15) is 57.5 Å². The van der Waals surface area contributed by atoms with Crippen molar-refractivity contribution in [3.05, 3.63) is 0 Å². The molecule has 1 fully saturated rings. The van der Waals surface area contributed by atoms with Crippen molar-refractivity contribution in [2.45, 2.75) is 30.7 Å². The largest absolute Gasteiger partial charge is 0.366 e. The van der Waals surface area contributed by atoms with E-state index in [1.54, 1.807) is 0 Å². The second kappa shape index (κ2) is 13.7. The maximum absolute atomic E-state index is 5.93. The Bertz CT molecular complexity index is 638. The van der Waals surface area contributed by atoms with Crippen LogP contribution in [-0.2, 0) is 28.4 Å². The van der Waals surface area contributed by atoms with Crippen molar-refractivity contribution < 1.29 is 28.4 Å². The molecule has 0 radical (unpaired) electrons. The molecule has 27 heavy (non-hydrogen) atoms. The van der Waals surface area contributed by atoms with Crippen molar-refractivity contribution in [3.63, 3.8) is 0 Å². The Balaban J connectivity index is 3.10. The minimum atomic E-state index is -0.873. The Morgan fingerprint density at radius 2 is 1.07 bits per heavy atom. The molecule has 0 aromatic rings. The molecule has 0 aromatic heterocycles. The van der Waals surface area contributed by atoms with Crippen LogP contribution in [0.3, 0.4) is 0 Å². The van der Waals surface area contributed by atoms with Gasteiger partial charge in [0.05, 0.1) is 6.61 Å². The summed E-state index contributed by atoms with van der Waals surface area (Å²) in [6.45, 7) is 0.247. The topological polar surface area (TPSA) is 55.4 Å². The van der Waals surface area contributed by atoms with E-state index in [-0.39, 0.29) is 39.6 Å². The monoisotopic (exact) mass is 370 g/mol. The Morgan fingerprint density at radius 1 is 0.593 bits per heavy atom. The van der Waals surface area contributed by atoms with Crippen LogP contribution in [0.4, 0.5) is 0 Å². The standard InChI is InChI=1S/C21H22O6/c1-6-11-22-16-17-18(23-12-7-2)19(24-13-8-3)20(25-14-9-4)21(27-17)26-15-10-5/h1-5,17-21H,11-16H2/t17-,18-,19+,20-,21-/m1/s1. The van der Waals surface area contributed by atoms with E-state index in [0.717, 1.165) is 0 Å². The molecule has 1 heterocycles. The highest BCUT2D eigenvalue weighted by Crippen LogP contribution is 2.29. The van der Waals surface area contributed by atoms with Gasteiger partial charge in [0.15, 0.2) is 6.29 Å². The van der Waals surface area contributed by atoms with Crippen molar-refractivity contribution in [1.82, 2.24) is 0 Å². The minimum absolute atomic E-state index is 0.0000269. The van der Waals surface area contributed by atoms with Gasteiger partial charge in [0.25, 0.3) is 0 Å². The zero-order valence-electron chi connectivity index (χ0n) is 15.0. The summed E-state index contributed by atoms with van der Waals surface area (Å²) < 4.78 is 34.1. The van der Waals surface area contributed by atoms with Crippen LogP contribution < -0.4 is 0 Å². The average Bonchev–Trinajstić information content (AvgIpc) is 2.68. The lowest BCUT2D eigenvalue weighted by molar-refractivity contribution is -0.316. The van der Waals surface area contributed by atoms with E-state index in [2.05, 4.69) is 29.6 Å². The predicted molar refractivity (Wildman–Crippen MR) is 98.8 cm³/mol. The fourth-order valence-corrected chi connectivity index (χ4v) is 2.51. The van der Waals surface area contributed by atoms with Crippen LogP contribution in [0.2, 0.25) is 0 Å². The van der Waals surface area contributed by atoms with E-state index in [0.29, 0.717) is 0 Å². The fraction of sp³-hybridized carbons (Fsp3) is 0.524. The zero-order valence-corrected chi connectivity index (χ0v) is 15.0. The lowest BCUT2D eigenvalue weighted by Crippen LogP contribution is -2.62. The quantitative estimate of drug-likeness (QED) is 0.379. The lowest BCUT2D eigenvalue weighted by Gasteiger charge is -2.45. The van der Waals surface area contributed by atoms with Gasteiger partial charge < -0.3 is 28.4 Å². The summed E-state index contributed by atoms with van der Waals surface area (Å²) in [5.41, 5.74) is 0. The van der Waals surface area contributed by atoms with Crippen molar-refractivity contribution in [2.24, 2.45) is 0 Å². The first-order valence-corrected chi connectivity index (χ1v) is 8.10. The summed E-state index contributed by atoms with van der Waals surface area (Å²) in [4.78, 5) is 0. The molecular weight excluding hydrogens is 348 g/mol. The van der Waals surface area contributed by atoms with Gasteiger partial charge in [-0.05, 0) is 0 Å². The van der Waals surface area contributed by atoms with Crippen molar-refractivity contribution in [1.29, 1.82) is 0 Å². The molecule has 0 unspecified atom stereocenters. The van der Waals surface area contributed by atoms with E-state index >= 15 is 0 Å². The van der Waals surface area contributed by atoms with E-state index in [4.69, 9.17) is 60.5 Å². The maximum Gasteiger partial charge on any atom is 0.188 e. The first-order valence-electron chi connectivity index (χ1n) is 8.10. The third kappa shape index (κ3) is 7.37. The van der Waals surface area contributed by atoms with Gasteiger partial charge in [-0.2, -0.15) is 0 Å². The first kappa shape index (κ1) is 22.6. The van der Waals surface area contributed by atoms with Crippen LogP contribution in [0.5, 0.6) is 0 Å². The molecule has 1 aliphatic rings. The highest BCUT2D eigenvalue weighted by Gasteiger charge is 2.48. The van der Waals surface area contributed by atoms with Crippen molar-refractivity contribution in [2.75, 3.05) is 39.6 Å². The van der Waals surface area contributed by atoms with Gasteiger partial charge >= 0.3 is 0 Å². The third-order valence-corrected chi connectivity index (χ3v) is 3.47. The smallest absolute Gasteiger partial charge is 0.188 e. The Kier molecular flexibility index (Phi) is 11.5. The van der Waals surface area contributed by atoms with E-state index in [1.807, 2.05) is 0 Å². The van der Waals surface area contributed by atoms with Gasteiger partial charge in [0.2, 0.25) is 0 Å². The van der Waals surface area contributed by atoms with Crippen LogP contribution in [0.15, 0.2) is 0 Å². The normalized spacial score (nSPS) is 26.7. The van der Waals surface area contributed by atoms with Crippen LogP contribution in [0.25, 0.3) is 0 Å². The van der Waals surface area contributed by atoms with Gasteiger partial charge in [0, 0.05) is 0 Å². The van der Waals surface area contributed by atoms with Gasteiger partial charge in [-0.3, -0.25) is 0 Å². The minimum Gasteiger partial charge on any atom is -0.366 e. The second-order valence-corrected chi connectivity index (χ2v) is 5.22. The Hall–Kier alpha value is -2.44. The Morgan fingerprint density at radius 3 is 1.63 bits per heavy atom. The van der Waals surface area contributed by atoms with Gasteiger partial charge in [-0.1, -0.05) is 29.6 Å².